The molecule has 0 heterocycles. The van der Waals surface area contributed by atoms with Crippen molar-refractivity contribution in [2.24, 2.45) is 5.41 Å². The van der Waals surface area contributed by atoms with Gasteiger partial charge in [0.15, 0.2) is 0 Å². The highest BCUT2D eigenvalue weighted by atomic mass is 19.1. The average Bonchev–Trinajstić information content (AvgIpc) is 2.35. The maximum absolute atomic E-state index is 13.0. The van der Waals surface area contributed by atoms with Gasteiger partial charge in [-0.1, -0.05) is 38.5 Å². The largest absolute Gasteiger partial charge is 0.338 e. The number of benzene rings is 1. The van der Waals surface area contributed by atoms with Crippen LogP contribution in [0.2, 0.25) is 0 Å². The van der Waals surface area contributed by atoms with E-state index in [1.54, 1.807) is 12.3 Å². The van der Waals surface area contributed by atoms with Gasteiger partial charge in [0.25, 0.3) is 0 Å². The number of carbonyl (C=O) groups is 1. The lowest BCUT2D eigenvalue weighted by atomic mass is 9.88. The molecule has 0 aromatic heterocycles. The van der Waals surface area contributed by atoms with Crippen LogP contribution in [0.4, 0.5) is 9.18 Å². The minimum atomic E-state index is -0.254. The van der Waals surface area contributed by atoms with Gasteiger partial charge in [0.1, 0.15) is 5.82 Å². The third kappa shape index (κ3) is 5.87. The molecule has 0 saturated heterocycles. The van der Waals surface area contributed by atoms with E-state index in [0.717, 1.165) is 11.1 Å². The van der Waals surface area contributed by atoms with Crippen LogP contribution in [0, 0.1) is 11.2 Å². The Morgan fingerprint density at radius 3 is 2.65 bits per heavy atom. The van der Waals surface area contributed by atoms with Gasteiger partial charge < -0.3 is 10.6 Å². The van der Waals surface area contributed by atoms with E-state index in [2.05, 4.69) is 31.4 Å². The molecule has 0 radical (unpaired) electrons. The van der Waals surface area contributed by atoms with E-state index in [4.69, 9.17) is 0 Å². The van der Waals surface area contributed by atoms with Gasteiger partial charge in [0.05, 0.1) is 0 Å². The van der Waals surface area contributed by atoms with Crippen molar-refractivity contribution in [3.8, 4) is 0 Å². The van der Waals surface area contributed by atoms with Gasteiger partial charge >= 0.3 is 6.03 Å². The molecule has 0 aliphatic heterocycles. The third-order valence-corrected chi connectivity index (χ3v) is 3.19. The van der Waals surface area contributed by atoms with Crippen molar-refractivity contribution in [2.45, 2.75) is 34.1 Å². The van der Waals surface area contributed by atoms with E-state index in [9.17, 15) is 9.18 Å². The molecule has 110 valence electrons. The molecule has 0 aliphatic carbocycles. The standard InChI is InChI=1S/C16H23FN2O/c1-12(16(2,3)4)11-19-15(20)18-9-8-13-6-5-7-14(17)10-13/h5-7,10-11H,8-9H2,1-4H3,(H2,18,19,20)/b12-11+. The maximum atomic E-state index is 13.0. The Morgan fingerprint density at radius 1 is 1.35 bits per heavy atom. The summed E-state index contributed by atoms with van der Waals surface area (Å²) in [5.74, 6) is -0.254. The third-order valence-electron chi connectivity index (χ3n) is 3.19. The van der Waals surface area contributed by atoms with Crippen molar-refractivity contribution in [1.29, 1.82) is 0 Å². The van der Waals surface area contributed by atoms with Crippen LogP contribution in [0.3, 0.4) is 0 Å². The van der Waals surface area contributed by atoms with Crippen LogP contribution in [0.15, 0.2) is 36.0 Å². The normalized spacial score (nSPS) is 12.2. The quantitative estimate of drug-likeness (QED) is 0.867. The molecule has 2 amide bonds. The predicted molar refractivity (Wildman–Crippen MR) is 79.9 cm³/mol. The van der Waals surface area contributed by atoms with Crippen molar-refractivity contribution in [1.82, 2.24) is 10.6 Å². The summed E-state index contributed by atoms with van der Waals surface area (Å²) in [6.45, 7) is 8.71. The minimum absolute atomic E-state index is 0.0366. The van der Waals surface area contributed by atoms with Crippen LogP contribution in [0.1, 0.15) is 33.3 Å². The highest BCUT2D eigenvalue weighted by Crippen LogP contribution is 2.23. The molecule has 1 aromatic carbocycles. The second-order valence-electron chi connectivity index (χ2n) is 5.86. The Bertz CT molecular complexity index is 489. The molecule has 0 atom stereocenters. The molecule has 2 N–H and O–H groups in total. The molecular formula is C16H23FN2O. The van der Waals surface area contributed by atoms with Crippen molar-refractivity contribution in [3.63, 3.8) is 0 Å². The lowest BCUT2D eigenvalue weighted by Crippen LogP contribution is -2.34. The SMILES string of the molecule is C/C(=C\NC(=O)NCCc1cccc(F)c1)C(C)(C)C. The van der Waals surface area contributed by atoms with Crippen molar-refractivity contribution in [2.75, 3.05) is 6.54 Å². The second kappa shape index (κ2) is 7.08. The Balaban J connectivity index is 2.34. The monoisotopic (exact) mass is 278 g/mol. The zero-order valence-corrected chi connectivity index (χ0v) is 12.6. The Kier molecular flexibility index (Phi) is 5.74. The maximum Gasteiger partial charge on any atom is 0.318 e. The number of urea groups is 1. The number of nitrogens with one attached hydrogen (secondary N) is 2. The fraction of sp³-hybridized carbons (Fsp3) is 0.438. The van der Waals surface area contributed by atoms with E-state index < -0.39 is 0 Å². The number of rotatable bonds is 4. The van der Waals surface area contributed by atoms with Gasteiger partial charge in [0, 0.05) is 12.7 Å². The van der Waals surface area contributed by atoms with E-state index >= 15 is 0 Å². The number of carbonyl (C=O) groups excluding carboxylic acids is 1. The van der Waals surface area contributed by atoms with Crippen LogP contribution in [0.25, 0.3) is 0 Å². The van der Waals surface area contributed by atoms with E-state index in [0.29, 0.717) is 13.0 Å². The number of hydrogen-bond acceptors (Lipinski definition) is 1. The molecule has 20 heavy (non-hydrogen) atoms. The summed E-state index contributed by atoms with van der Waals surface area (Å²) in [5.41, 5.74) is 2.00. The zero-order chi connectivity index (χ0) is 15.2. The van der Waals surface area contributed by atoms with Crippen molar-refractivity contribution < 1.29 is 9.18 Å². The predicted octanol–water partition coefficient (Wildman–Crippen LogP) is 3.62. The van der Waals surface area contributed by atoms with Crippen LogP contribution in [-0.4, -0.2) is 12.6 Å². The molecule has 0 saturated carbocycles. The number of amides is 2. The first-order valence-electron chi connectivity index (χ1n) is 6.75. The first-order chi connectivity index (χ1) is 9.29. The molecule has 1 aromatic rings. The number of halogens is 1. The lowest BCUT2D eigenvalue weighted by Gasteiger charge is -2.19. The van der Waals surface area contributed by atoms with Gasteiger partial charge in [-0.05, 0) is 36.5 Å². The van der Waals surface area contributed by atoms with Gasteiger partial charge in [-0.25, -0.2) is 9.18 Å². The van der Waals surface area contributed by atoms with Crippen LogP contribution < -0.4 is 10.6 Å². The summed E-state index contributed by atoms with van der Waals surface area (Å²) in [6.07, 6.45) is 2.32. The average molecular weight is 278 g/mol. The minimum Gasteiger partial charge on any atom is -0.338 e. The molecule has 0 unspecified atom stereocenters. The fourth-order valence-corrected chi connectivity index (χ4v) is 1.45. The molecule has 4 heteroatoms. The molecule has 0 fully saturated rings. The van der Waals surface area contributed by atoms with E-state index in [1.165, 1.54) is 12.1 Å². The van der Waals surface area contributed by atoms with Crippen molar-refractivity contribution in [3.05, 3.63) is 47.4 Å². The van der Waals surface area contributed by atoms with E-state index in [1.807, 2.05) is 13.0 Å². The summed E-state index contributed by atoms with van der Waals surface area (Å²) in [6, 6.07) is 6.14. The van der Waals surface area contributed by atoms with Crippen molar-refractivity contribution >= 4 is 6.03 Å². The van der Waals surface area contributed by atoms with Crippen LogP contribution in [0.5, 0.6) is 0 Å². The highest BCUT2D eigenvalue weighted by Gasteiger charge is 2.12. The first-order valence-corrected chi connectivity index (χ1v) is 6.75. The van der Waals surface area contributed by atoms with Gasteiger partial charge in [0.2, 0.25) is 0 Å². The van der Waals surface area contributed by atoms with Crippen LogP contribution in [-0.2, 0) is 6.42 Å². The fourth-order valence-electron chi connectivity index (χ4n) is 1.45. The van der Waals surface area contributed by atoms with E-state index in [-0.39, 0.29) is 17.3 Å². The molecule has 1 rings (SSSR count). The Labute approximate surface area is 120 Å². The van der Waals surface area contributed by atoms with Gasteiger partial charge in [-0.3, -0.25) is 0 Å². The summed E-state index contributed by atoms with van der Waals surface area (Å²) in [7, 11) is 0. The topological polar surface area (TPSA) is 41.1 Å². The lowest BCUT2D eigenvalue weighted by molar-refractivity contribution is 0.244. The Morgan fingerprint density at radius 2 is 2.05 bits per heavy atom. The van der Waals surface area contributed by atoms with Gasteiger partial charge in [-0.2, -0.15) is 0 Å². The Hall–Kier alpha value is -1.84. The smallest absolute Gasteiger partial charge is 0.318 e. The van der Waals surface area contributed by atoms with Crippen LogP contribution >= 0.6 is 0 Å². The molecule has 0 spiro atoms. The number of hydrogen-bond donors (Lipinski definition) is 2. The zero-order valence-electron chi connectivity index (χ0n) is 12.6. The highest BCUT2D eigenvalue weighted by molar-refractivity contribution is 5.74. The molecule has 0 aliphatic rings. The second-order valence-corrected chi connectivity index (χ2v) is 5.86. The summed E-state index contributed by atoms with van der Waals surface area (Å²) >= 11 is 0. The summed E-state index contributed by atoms with van der Waals surface area (Å²) in [4.78, 5) is 11.6. The number of allylic oxidation sites excluding steroid dienone is 1. The molecule has 3 nitrogen and oxygen atoms in total. The first kappa shape index (κ1) is 16.2. The summed E-state index contributed by atoms with van der Waals surface area (Å²) < 4.78 is 13.0. The van der Waals surface area contributed by atoms with Gasteiger partial charge in [-0.15, -0.1) is 0 Å². The molecule has 0 bridgehead atoms. The molecular weight excluding hydrogens is 255 g/mol. The summed E-state index contributed by atoms with van der Waals surface area (Å²) in [5, 5.41) is 5.44.